The lowest BCUT2D eigenvalue weighted by atomic mass is 10.2. The lowest BCUT2D eigenvalue weighted by Crippen LogP contribution is -2.25. The third-order valence-corrected chi connectivity index (χ3v) is 2.90. The number of rotatable bonds is 6. The van der Waals surface area contributed by atoms with Crippen LogP contribution < -0.4 is 10.9 Å². The molecule has 0 spiro atoms. The van der Waals surface area contributed by atoms with Gasteiger partial charge in [-0.05, 0) is 18.1 Å². The number of methoxy groups -OCH3 is 1. The Hall–Kier alpha value is -1.72. The molecule has 5 heteroatoms. The quantitative estimate of drug-likeness (QED) is 0.822. The van der Waals surface area contributed by atoms with Crippen LogP contribution in [-0.4, -0.2) is 30.2 Å². The summed E-state index contributed by atoms with van der Waals surface area (Å²) in [4.78, 5) is 19.1. The van der Waals surface area contributed by atoms with Crippen LogP contribution in [0.2, 0.25) is 0 Å². The molecule has 0 fully saturated rings. The van der Waals surface area contributed by atoms with E-state index < -0.39 is 0 Å². The summed E-state index contributed by atoms with van der Waals surface area (Å²) in [6.07, 6.45) is 0. The molecule has 0 saturated carbocycles. The average Bonchev–Trinajstić information content (AvgIpc) is 2.39. The van der Waals surface area contributed by atoms with Gasteiger partial charge in [0.25, 0.3) is 5.56 Å². The fraction of sp³-hybridized carbons (Fsp3) is 0.429. The normalized spacial score (nSPS) is 12.7. The number of aromatic amines is 1. The number of H-pyrrole nitrogens is 1. The van der Waals surface area contributed by atoms with Gasteiger partial charge in [-0.1, -0.05) is 19.1 Å². The Labute approximate surface area is 112 Å². The monoisotopic (exact) mass is 261 g/mol. The van der Waals surface area contributed by atoms with Gasteiger partial charge in [0.1, 0.15) is 5.82 Å². The van der Waals surface area contributed by atoms with Crippen LogP contribution in [0.1, 0.15) is 12.7 Å². The molecule has 1 unspecified atom stereocenters. The highest BCUT2D eigenvalue weighted by Crippen LogP contribution is 2.05. The van der Waals surface area contributed by atoms with E-state index in [2.05, 4.69) is 22.2 Å². The van der Waals surface area contributed by atoms with E-state index in [0.717, 1.165) is 12.1 Å². The second-order valence-electron chi connectivity index (χ2n) is 4.72. The SMILES string of the molecule is COCC(C)CNCc1nc2ccccc2c(=O)[nH]1. The molecule has 0 bridgehead atoms. The fourth-order valence-electron chi connectivity index (χ4n) is 2.00. The van der Waals surface area contributed by atoms with Crippen LogP contribution in [0.15, 0.2) is 29.1 Å². The van der Waals surface area contributed by atoms with Crippen LogP contribution in [0.5, 0.6) is 0 Å². The van der Waals surface area contributed by atoms with Crippen molar-refractivity contribution in [2.75, 3.05) is 20.3 Å². The number of hydrogen-bond acceptors (Lipinski definition) is 4. The third kappa shape index (κ3) is 3.62. The Kier molecular flexibility index (Phi) is 4.65. The van der Waals surface area contributed by atoms with Gasteiger partial charge in [-0.2, -0.15) is 0 Å². The maximum atomic E-state index is 11.9. The Morgan fingerprint density at radius 2 is 2.21 bits per heavy atom. The first-order valence-corrected chi connectivity index (χ1v) is 6.38. The van der Waals surface area contributed by atoms with E-state index in [9.17, 15) is 4.79 Å². The van der Waals surface area contributed by atoms with Crippen LogP contribution in [0, 0.1) is 5.92 Å². The molecule has 19 heavy (non-hydrogen) atoms. The van der Waals surface area contributed by atoms with Gasteiger partial charge in [0.15, 0.2) is 0 Å². The van der Waals surface area contributed by atoms with Gasteiger partial charge in [0.05, 0.1) is 17.4 Å². The molecule has 2 N–H and O–H groups in total. The number of aromatic nitrogens is 2. The van der Waals surface area contributed by atoms with Crippen LogP contribution in [0.25, 0.3) is 10.9 Å². The first-order chi connectivity index (χ1) is 9.20. The van der Waals surface area contributed by atoms with Gasteiger partial charge in [0.2, 0.25) is 0 Å². The summed E-state index contributed by atoms with van der Waals surface area (Å²) in [7, 11) is 1.69. The minimum atomic E-state index is -0.0904. The maximum Gasteiger partial charge on any atom is 0.258 e. The standard InChI is InChI=1S/C14H19N3O2/c1-10(9-19-2)7-15-8-13-16-12-6-4-3-5-11(12)14(18)17-13/h3-6,10,15H,7-9H2,1-2H3,(H,16,17,18). The van der Waals surface area contributed by atoms with E-state index >= 15 is 0 Å². The van der Waals surface area contributed by atoms with Crippen molar-refractivity contribution in [3.8, 4) is 0 Å². The number of benzene rings is 1. The van der Waals surface area contributed by atoms with Crippen molar-refractivity contribution in [2.45, 2.75) is 13.5 Å². The summed E-state index contributed by atoms with van der Waals surface area (Å²) < 4.78 is 5.07. The van der Waals surface area contributed by atoms with Crippen molar-refractivity contribution in [3.63, 3.8) is 0 Å². The van der Waals surface area contributed by atoms with E-state index in [0.29, 0.717) is 30.3 Å². The number of ether oxygens (including phenoxy) is 1. The highest BCUT2D eigenvalue weighted by Gasteiger charge is 2.04. The number of para-hydroxylation sites is 1. The molecular formula is C14H19N3O2. The van der Waals surface area contributed by atoms with Crippen LogP contribution in [0.3, 0.4) is 0 Å². The predicted molar refractivity (Wildman–Crippen MR) is 75.1 cm³/mol. The second-order valence-corrected chi connectivity index (χ2v) is 4.72. The molecule has 2 aromatic rings. The molecule has 1 heterocycles. The lowest BCUT2D eigenvalue weighted by molar-refractivity contribution is 0.158. The maximum absolute atomic E-state index is 11.9. The van der Waals surface area contributed by atoms with Gasteiger partial charge < -0.3 is 15.0 Å². The van der Waals surface area contributed by atoms with E-state index in [1.807, 2.05) is 18.2 Å². The van der Waals surface area contributed by atoms with Gasteiger partial charge >= 0.3 is 0 Å². The summed E-state index contributed by atoms with van der Waals surface area (Å²) in [6, 6.07) is 7.34. The molecule has 0 amide bonds. The second kappa shape index (κ2) is 6.45. The van der Waals surface area contributed by atoms with Crippen molar-refractivity contribution >= 4 is 10.9 Å². The van der Waals surface area contributed by atoms with Gasteiger partial charge in [0, 0.05) is 20.3 Å². The molecule has 1 atom stereocenters. The minimum Gasteiger partial charge on any atom is -0.384 e. The molecule has 0 saturated heterocycles. The van der Waals surface area contributed by atoms with Crippen molar-refractivity contribution in [3.05, 3.63) is 40.4 Å². The van der Waals surface area contributed by atoms with Gasteiger partial charge in [-0.3, -0.25) is 4.79 Å². The Morgan fingerprint density at radius 3 is 3.00 bits per heavy atom. The van der Waals surface area contributed by atoms with Gasteiger partial charge in [-0.15, -0.1) is 0 Å². The zero-order valence-corrected chi connectivity index (χ0v) is 11.3. The van der Waals surface area contributed by atoms with E-state index in [-0.39, 0.29) is 5.56 Å². The highest BCUT2D eigenvalue weighted by atomic mass is 16.5. The molecule has 0 aliphatic carbocycles. The highest BCUT2D eigenvalue weighted by molar-refractivity contribution is 5.77. The topological polar surface area (TPSA) is 67.0 Å². The number of fused-ring (bicyclic) bond motifs is 1. The molecule has 1 aromatic heterocycles. The van der Waals surface area contributed by atoms with Crippen LogP contribution >= 0.6 is 0 Å². The Balaban J connectivity index is 2.03. The fourth-order valence-corrected chi connectivity index (χ4v) is 2.00. The molecule has 2 rings (SSSR count). The van der Waals surface area contributed by atoms with E-state index in [1.165, 1.54) is 0 Å². The summed E-state index contributed by atoms with van der Waals surface area (Å²) in [5, 5.41) is 3.89. The first-order valence-electron chi connectivity index (χ1n) is 6.38. The zero-order valence-electron chi connectivity index (χ0n) is 11.3. The lowest BCUT2D eigenvalue weighted by Gasteiger charge is -2.11. The molecule has 0 aliphatic heterocycles. The van der Waals surface area contributed by atoms with Crippen LogP contribution in [0.4, 0.5) is 0 Å². The van der Waals surface area contributed by atoms with Crippen molar-refractivity contribution in [2.24, 2.45) is 5.92 Å². The molecule has 1 aromatic carbocycles. The number of nitrogens with zero attached hydrogens (tertiary/aromatic N) is 1. The summed E-state index contributed by atoms with van der Waals surface area (Å²) in [6.45, 7) is 4.19. The summed E-state index contributed by atoms with van der Waals surface area (Å²) >= 11 is 0. The predicted octanol–water partition coefficient (Wildman–Crippen LogP) is 1.30. The first kappa shape index (κ1) is 13.7. The molecule has 102 valence electrons. The average molecular weight is 261 g/mol. The van der Waals surface area contributed by atoms with Crippen molar-refractivity contribution < 1.29 is 4.74 Å². The Morgan fingerprint density at radius 1 is 1.42 bits per heavy atom. The number of nitrogens with one attached hydrogen (secondary N) is 2. The van der Waals surface area contributed by atoms with Crippen molar-refractivity contribution in [1.82, 2.24) is 15.3 Å². The third-order valence-electron chi connectivity index (χ3n) is 2.90. The van der Waals surface area contributed by atoms with Crippen molar-refractivity contribution in [1.29, 1.82) is 0 Å². The zero-order chi connectivity index (χ0) is 13.7. The number of hydrogen-bond donors (Lipinski definition) is 2. The Bertz CT molecular complexity index is 595. The molecule has 0 radical (unpaired) electrons. The smallest absolute Gasteiger partial charge is 0.258 e. The molecule has 0 aliphatic rings. The molecule has 5 nitrogen and oxygen atoms in total. The summed E-state index contributed by atoms with van der Waals surface area (Å²) in [5.74, 6) is 1.09. The molecular weight excluding hydrogens is 242 g/mol. The largest absolute Gasteiger partial charge is 0.384 e. The van der Waals surface area contributed by atoms with Gasteiger partial charge in [-0.25, -0.2) is 4.98 Å². The minimum absolute atomic E-state index is 0.0904. The van der Waals surface area contributed by atoms with E-state index in [1.54, 1.807) is 13.2 Å². The van der Waals surface area contributed by atoms with E-state index in [4.69, 9.17) is 4.74 Å². The summed E-state index contributed by atoms with van der Waals surface area (Å²) in [5.41, 5.74) is 0.639. The van der Waals surface area contributed by atoms with Crippen LogP contribution in [-0.2, 0) is 11.3 Å².